The van der Waals surface area contributed by atoms with E-state index in [1.807, 2.05) is 0 Å². The number of esters is 1. The predicted octanol–water partition coefficient (Wildman–Crippen LogP) is 4.83. The lowest BCUT2D eigenvalue weighted by atomic mass is 10.1. The second-order valence-electron chi connectivity index (χ2n) is 9.08. The van der Waals surface area contributed by atoms with Crippen LogP contribution in [0.15, 0.2) is 0 Å². The first kappa shape index (κ1) is 26.9. The first-order chi connectivity index (χ1) is 13.3. The fourth-order valence-corrected chi connectivity index (χ4v) is 3.15. The Morgan fingerprint density at radius 3 is 1.82 bits per heavy atom. The molecule has 5 nitrogen and oxygen atoms in total. The largest absolute Gasteiger partial charge is 0.453 e. The fourth-order valence-electron chi connectivity index (χ4n) is 3.15. The Morgan fingerprint density at radius 1 is 0.821 bits per heavy atom. The molecule has 0 fully saturated rings. The second kappa shape index (κ2) is 16.8. The molecular weight excluding hydrogens is 352 g/mol. The van der Waals surface area contributed by atoms with E-state index in [1.165, 1.54) is 57.8 Å². The maximum absolute atomic E-state index is 12.0. The average molecular weight is 400 g/mol. The van der Waals surface area contributed by atoms with Crippen LogP contribution < -0.4 is 5.32 Å². The SMILES string of the molecule is CCCCCCCCCCCCCC(=O)OC(C)C(=O)NCCC[N+](C)(C)C. The van der Waals surface area contributed by atoms with E-state index in [4.69, 9.17) is 4.74 Å². The number of nitrogens with zero attached hydrogens (tertiary/aromatic N) is 1. The highest BCUT2D eigenvalue weighted by Gasteiger charge is 2.17. The zero-order valence-electron chi connectivity index (χ0n) is 19.4. The van der Waals surface area contributed by atoms with E-state index in [1.54, 1.807) is 6.92 Å². The highest BCUT2D eigenvalue weighted by atomic mass is 16.5. The maximum atomic E-state index is 12.0. The Kier molecular flexibility index (Phi) is 16.2. The minimum Gasteiger partial charge on any atom is -0.453 e. The van der Waals surface area contributed by atoms with Gasteiger partial charge in [-0.15, -0.1) is 0 Å². The van der Waals surface area contributed by atoms with Crippen molar-refractivity contribution in [2.45, 2.75) is 103 Å². The molecule has 0 radical (unpaired) electrons. The van der Waals surface area contributed by atoms with Gasteiger partial charge in [0.15, 0.2) is 6.10 Å². The van der Waals surface area contributed by atoms with Gasteiger partial charge in [0.25, 0.3) is 5.91 Å². The number of unbranched alkanes of at least 4 members (excludes halogenated alkanes) is 10. The summed E-state index contributed by atoms with van der Waals surface area (Å²) in [4.78, 5) is 23.8. The van der Waals surface area contributed by atoms with E-state index in [0.29, 0.717) is 13.0 Å². The van der Waals surface area contributed by atoms with Crippen molar-refractivity contribution in [1.82, 2.24) is 5.32 Å². The first-order valence-corrected chi connectivity index (χ1v) is 11.5. The van der Waals surface area contributed by atoms with Crippen LogP contribution in [-0.4, -0.2) is 56.7 Å². The van der Waals surface area contributed by atoms with Crippen LogP contribution in [0.2, 0.25) is 0 Å². The summed E-state index contributed by atoms with van der Waals surface area (Å²) in [6, 6.07) is 0. The van der Waals surface area contributed by atoms with Gasteiger partial charge in [-0.3, -0.25) is 9.59 Å². The van der Waals surface area contributed by atoms with Crippen LogP contribution in [0, 0.1) is 0 Å². The fraction of sp³-hybridized carbons (Fsp3) is 0.913. The van der Waals surface area contributed by atoms with Gasteiger partial charge >= 0.3 is 5.97 Å². The highest BCUT2D eigenvalue weighted by molar-refractivity contribution is 5.83. The van der Waals surface area contributed by atoms with Gasteiger partial charge in [-0.25, -0.2) is 0 Å². The number of quaternary nitrogens is 1. The molecule has 0 rings (SSSR count). The van der Waals surface area contributed by atoms with Crippen LogP contribution in [-0.2, 0) is 14.3 Å². The van der Waals surface area contributed by atoms with Crippen molar-refractivity contribution < 1.29 is 18.8 Å². The normalized spacial score (nSPS) is 12.6. The number of hydrogen-bond acceptors (Lipinski definition) is 3. The summed E-state index contributed by atoms with van der Waals surface area (Å²) < 4.78 is 6.12. The van der Waals surface area contributed by atoms with Crippen LogP contribution in [0.1, 0.15) is 97.3 Å². The number of nitrogens with one attached hydrogen (secondary N) is 1. The minimum atomic E-state index is -0.704. The molecule has 0 bridgehead atoms. The number of rotatable bonds is 18. The van der Waals surface area contributed by atoms with Crippen molar-refractivity contribution in [3.05, 3.63) is 0 Å². The molecule has 0 spiro atoms. The Hall–Kier alpha value is -1.10. The van der Waals surface area contributed by atoms with Crippen molar-refractivity contribution in [3.8, 4) is 0 Å². The first-order valence-electron chi connectivity index (χ1n) is 11.5. The molecule has 0 aliphatic heterocycles. The van der Waals surface area contributed by atoms with Gasteiger partial charge in [-0.05, 0) is 13.3 Å². The molecule has 0 heterocycles. The van der Waals surface area contributed by atoms with Gasteiger partial charge in [-0.2, -0.15) is 0 Å². The molecule has 0 aromatic heterocycles. The van der Waals surface area contributed by atoms with E-state index in [9.17, 15) is 9.59 Å². The Balaban J connectivity index is 3.55. The average Bonchev–Trinajstić information content (AvgIpc) is 2.62. The van der Waals surface area contributed by atoms with Gasteiger partial charge in [0.1, 0.15) is 0 Å². The molecule has 0 saturated carbocycles. The van der Waals surface area contributed by atoms with E-state index >= 15 is 0 Å². The molecule has 0 aromatic rings. The molecule has 5 heteroatoms. The molecule has 1 unspecified atom stereocenters. The van der Waals surface area contributed by atoms with E-state index in [0.717, 1.165) is 30.3 Å². The van der Waals surface area contributed by atoms with Crippen molar-refractivity contribution >= 4 is 11.9 Å². The molecule has 0 saturated heterocycles. The summed E-state index contributed by atoms with van der Waals surface area (Å²) in [6.07, 6.45) is 14.4. The van der Waals surface area contributed by atoms with Gasteiger partial charge < -0.3 is 14.5 Å². The lowest BCUT2D eigenvalue weighted by Crippen LogP contribution is -2.40. The maximum Gasteiger partial charge on any atom is 0.306 e. The molecular formula is C23H47N2O3+. The van der Waals surface area contributed by atoms with Crippen LogP contribution in [0.5, 0.6) is 0 Å². The molecule has 0 aliphatic rings. The van der Waals surface area contributed by atoms with Crippen molar-refractivity contribution in [2.24, 2.45) is 0 Å². The lowest BCUT2D eigenvalue weighted by Gasteiger charge is -2.23. The topological polar surface area (TPSA) is 55.4 Å². The van der Waals surface area contributed by atoms with Gasteiger partial charge in [-0.1, -0.05) is 71.1 Å². The number of amides is 1. The monoisotopic (exact) mass is 399 g/mol. The third-order valence-corrected chi connectivity index (χ3v) is 4.97. The molecule has 1 N–H and O–H groups in total. The minimum absolute atomic E-state index is 0.200. The quantitative estimate of drug-likeness (QED) is 0.204. The molecule has 166 valence electrons. The summed E-state index contributed by atoms with van der Waals surface area (Å²) in [5.41, 5.74) is 0. The summed E-state index contributed by atoms with van der Waals surface area (Å²) >= 11 is 0. The third-order valence-electron chi connectivity index (χ3n) is 4.97. The van der Waals surface area contributed by atoms with Crippen molar-refractivity contribution in [3.63, 3.8) is 0 Å². The third kappa shape index (κ3) is 18.3. The van der Waals surface area contributed by atoms with Crippen LogP contribution >= 0.6 is 0 Å². The molecule has 1 amide bonds. The molecule has 1 atom stereocenters. The summed E-state index contributed by atoms with van der Waals surface area (Å²) in [5.74, 6) is -0.460. The smallest absolute Gasteiger partial charge is 0.306 e. The number of carbonyl (C=O) groups excluding carboxylic acids is 2. The summed E-state index contributed by atoms with van der Waals surface area (Å²) in [5, 5.41) is 2.85. The van der Waals surface area contributed by atoms with Gasteiger partial charge in [0.05, 0.1) is 27.7 Å². The van der Waals surface area contributed by atoms with E-state index in [2.05, 4.69) is 33.4 Å². The Labute approximate surface area is 174 Å². The summed E-state index contributed by atoms with van der Waals surface area (Å²) in [7, 11) is 6.38. The van der Waals surface area contributed by atoms with Crippen LogP contribution in [0.3, 0.4) is 0 Å². The summed E-state index contributed by atoms with van der Waals surface area (Å²) in [6.45, 7) is 5.51. The zero-order chi connectivity index (χ0) is 21.3. The standard InChI is InChI=1S/C23H46N2O3/c1-6-7-8-9-10-11-12-13-14-15-16-18-22(26)28-21(2)23(27)24-19-17-20-25(3,4)5/h21H,6-20H2,1-5H3/p+1. The Morgan fingerprint density at radius 2 is 1.32 bits per heavy atom. The number of hydrogen-bond donors (Lipinski definition) is 1. The predicted molar refractivity (Wildman–Crippen MR) is 117 cm³/mol. The lowest BCUT2D eigenvalue weighted by molar-refractivity contribution is -0.870. The van der Waals surface area contributed by atoms with Crippen molar-refractivity contribution in [2.75, 3.05) is 34.2 Å². The zero-order valence-corrected chi connectivity index (χ0v) is 19.4. The number of ether oxygens (including phenoxy) is 1. The van der Waals surface area contributed by atoms with Crippen molar-refractivity contribution in [1.29, 1.82) is 0 Å². The molecule has 0 aliphatic carbocycles. The van der Waals surface area contributed by atoms with Gasteiger partial charge in [0.2, 0.25) is 0 Å². The van der Waals surface area contributed by atoms with E-state index in [-0.39, 0.29) is 11.9 Å². The van der Waals surface area contributed by atoms with Crippen LogP contribution in [0.4, 0.5) is 0 Å². The van der Waals surface area contributed by atoms with Crippen LogP contribution in [0.25, 0.3) is 0 Å². The highest BCUT2D eigenvalue weighted by Crippen LogP contribution is 2.12. The second-order valence-corrected chi connectivity index (χ2v) is 9.08. The van der Waals surface area contributed by atoms with E-state index < -0.39 is 6.10 Å². The molecule has 0 aromatic carbocycles. The number of carbonyl (C=O) groups is 2. The Bertz CT molecular complexity index is 405. The van der Waals surface area contributed by atoms with Gasteiger partial charge in [0, 0.05) is 19.4 Å². The molecule has 28 heavy (non-hydrogen) atoms.